The van der Waals surface area contributed by atoms with Crippen LogP contribution in [0.25, 0.3) is 0 Å². The first kappa shape index (κ1) is 26.4. The van der Waals surface area contributed by atoms with E-state index in [1.807, 2.05) is 6.08 Å². The number of aliphatic hydroxyl groups is 3. The van der Waals surface area contributed by atoms with Gasteiger partial charge in [-0.3, -0.25) is 0 Å². The highest BCUT2D eigenvalue weighted by molar-refractivity contribution is 5.37. The summed E-state index contributed by atoms with van der Waals surface area (Å²) in [6.07, 6.45) is 13.6. The summed E-state index contributed by atoms with van der Waals surface area (Å²) >= 11 is 0. The number of hydrogen-bond donors (Lipinski definition) is 3. The smallest absolute Gasteiger partial charge is 0.0811 e. The van der Waals surface area contributed by atoms with E-state index >= 15 is 0 Å². The Bertz CT molecular complexity index is 670. The van der Waals surface area contributed by atoms with Gasteiger partial charge in [-0.1, -0.05) is 79.2 Å². The normalized spacial score (nSPS) is 34.0. The topological polar surface area (TPSA) is 60.7 Å². The molecular formula is C28H48O3. The van der Waals surface area contributed by atoms with E-state index in [2.05, 4.69) is 60.3 Å². The summed E-state index contributed by atoms with van der Waals surface area (Å²) in [5.74, 6) is 1.12. The van der Waals surface area contributed by atoms with Gasteiger partial charge in [-0.05, 0) is 72.3 Å². The summed E-state index contributed by atoms with van der Waals surface area (Å²) in [5.41, 5.74) is 1.68. The van der Waals surface area contributed by atoms with Gasteiger partial charge in [0, 0.05) is 6.42 Å². The largest absolute Gasteiger partial charge is 0.393 e. The Kier molecular flexibility index (Phi) is 8.81. The van der Waals surface area contributed by atoms with E-state index in [0.717, 1.165) is 36.8 Å². The zero-order valence-electron chi connectivity index (χ0n) is 21.0. The van der Waals surface area contributed by atoms with Crippen molar-refractivity contribution >= 4 is 0 Å². The van der Waals surface area contributed by atoms with E-state index in [0.29, 0.717) is 24.7 Å². The summed E-state index contributed by atoms with van der Waals surface area (Å²) in [6.45, 7) is 17.9. The van der Waals surface area contributed by atoms with Crippen molar-refractivity contribution in [1.82, 2.24) is 0 Å². The highest BCUT2D eigenvalue weighted by Gasteiger charge is 2.52. The second-order valence-electron chi connectivity index (χ2n) is 11.2. The molecule has 0 bridgehead atoms. The maximum absolute atomic E-state index is 10.6. The van der Waals surface area contributed by atoms with Gasteiger partial charge in [-0.25, -0.2) is 0 Å². The zero-order chi connectivity index (χ0) is 23.4. The van der Waals surface area contributed by atoms with E-state index in [4.69, 9.17) is 0 Å². The molecule has 2 saturated carbocycles. The Labute approximate surface area is 191 Å². The SMILES string of the molecule is C=C1/C(=C\C=C\[C@@H]2CC[C@](C)([C@H](C)CCCC(O)(CC)CC)C2(C)C)C[C@@H](O)C[C@@H]1O. The van der Waals surface area contributed by atoms with Crippen molar-refractivity contribution in [2.45, 2.75) is 117 Å². The predicted octanol–water partition coefficient (Wildman–Crippen LogP) is 6.34. The summed E-state index contributed by atoms with van der Waals surface area (Å²) in [4.78, 5) is 0. The summed E-state index contributed by atoms with van der Waals surface area (Å²) in [5, 5.41) is 30.6. The summed E-state index contributed by atoms with van der Waals surface area (Å²) < 4.78 is 0. The molecule has 2 fully saturated rings. The van der Waals surface area contributed by atoms with Gasteiger partial charge in [0.05, 0.1) is 17.8 Å². The van der Waals surface area contributed by atoms with Gasteiger partial charge in [-0.2, -0.15) is 0 Å². The molecule has 2 aliphatic carbocycles. The highest BCUT2D eigenvalue weighted by Crippen LogP contribution is 2.60. The van der Waals surface area contributed by atoms with Crippen LogP contribution in [0.4, 0.5) is 0 Å². The van der Waals surface area contributed by atoms with Crippen LogP contribution in [0, 0.1) is 22.7 Å². The molecule has 0 spiro atoms. The first-order valence-corrected chi connectivity index (χ1v) is 12.5. The molecule has 0 aromatic heterocycles. The van der Waals surface area contributed by atoms with Crippen molar-refractivity contribution in [3.8, 4) is 0 Å². The quantitative estimate of drug-likeness (QED) is 0.398. The van der Waals surface area contributed by atoms with Crippen LogP contribution in [0.15, 0.2) is 36.0 Å². The molecule has 178 valence electrons. The molecule has 0 saturated heterocycles. The average Bonchev–Trinajstić information content (AvgIpc) is 2.95. The Morgan fingerprint density at radius 1 is 1.19 bits per heavy atom. The molecule has 0 heterocycles. The van der Waals surface area contributed by atoms with Crippen molar-refractivity contribution in [3.63, 3.8) is 0 Å². The van der Waals surface area contributed by atoms with E-state index in [9.17, 15) is 15.3 Å². The van der Waals surface area contributed by atoms with Crippen LogP contribution in [0.5, 0.6) is 0 Å². The fourth-order valence-corrected chi connectivity index (χ4v) is 6.00. The molecule has 3 heteroatoms. The number of aliphatic hydroxyl groups excluding tert-OH is 2. The van der Waals surface area contributed by atoms with Crippen LogP contribution < -0.4 is 0 Å². The third-order valence-corrected chi connectivity index (χ3v) is 9.46. The third kappa shape index (κ3) is 5.72. The van der Waals surface area contributed by atoms with Gasteiger partial charge in [0.15, 0.2) is 0 Å². The minimum absolute atomic E-state index is 0.190. The van der Waals surface area contributed by atoms with E-state index in [-0.39, 0.29) is 10.8 Å². The van der Waals surface area contributed by atoms with Crippen molar-refractivity contribution in [2.24, 2.45) is 22.7 Å². The molecule has 0 unspecified atom stereocenters. The number of allylic oxidation sites excluding steroid dienone is 3. The van der Waals surface area contributed by atoms with E-state index in [1.165, 1.54) is 19.3 Å². The second-order valence-corrected chi connectivity index (χ2v) is 11.2. The zero-order valence-corrected chi connectivity index (χ0v) is 21.0. The van der Waals surface area contributed by atoms with Gasteiger partial charge in [-0.15, -0.1) is 0 Å². The Balaban J connectivity index is 2.02. The van der Waals surface area contributed by atoms with Crippen LogP contribution in [0.1, 0.15) is 99.3 Å². The van der Waals surface area contributed by atoms with Gasteiger partial charge >= 0.3 is 0 Å². The number of hydrogen-bond acceptors (Lipinski definition) is 3. The molecule has 2 rings (SSSR count). The molecule has 0 aliphatic heterocycles. The van der Waals surface area contributed by atoms with Gasteiger partial charge in [0.1, 0.15) is 0 Å². The molecule has 0 radical (unpaired) electrons. The van der Waals surface area contributed by atoms with Crippen LogP contribution in [-0.2, 0) is 0 Å². The van der Waals surface area contributed by atoms with Crippen molar-refractivity contribution in [1.29, 1.82) is 0 Å². The molecule has 5 atom stereocenters. The Hall–Kier alpha value is -0.900. The van der Waals surface area contributed by atoms with E-state index < -0.39 is 17.8 Å². The molecule has 3 N–H and O–H groups in total. The highest BCUT2D eigenvalue weighted by atomic mass is 16.3. The molecule has 0 aromatic rings. The Morgan fingerprint density at radius 3 is 2.45 bits per heavy atom. The Morgan fingerprint density at radius 2 is 1.84 bits per heavy atom. The second kappa shape index (κ2) is 10.4. The third-order valence-electron chi connectivity index (χ3n) is 9.46. The standard InChI is InChI=1S/C28H48O3/c1-8-28(31,9-2)16-11-12-20(3)27(7)17-15-23(26(27,5)6)14-10-13-22-18-24(29)19-25(30)21(22)4/h10,13-14,20,23-25,29-31H,4,8-9,11-12,15-19H2,1-3,5-7H3/b14-10+,22-13-/t20-,23-,24-,25+,27-/m1/s1. The lowest BCUT2D eigenvalue weighted by Gasteiger charge is -2.46. The predicted molar refractivity (Wildman–Crippen MR) is 131 cm³/mol. The maximum Gasteiger partial charge on any atom is 0.0811 e. The van der Waals surface area contributed by atoms with Crippen LogP contribution >= 0.6 is 0 Å². The fraction of sp³-hybridized carbons (Fsp3) is 0.786. The first-order chi connectivity index (χ1) is 14.4. The molecule has 3 nitrogen and oxygen atoms in total. The van der Waals surface area contributed by atoms with Crippen molar-refractivity contribution in [3.05, 3.63) is 36.0 Å². The van der Waals surface area contributed by atoms with E-state index in [1.54, 1.807) is 0 Å². The van der Waals surface area contributed by atoms with Gasteiger partial charge in [0.2, 0.25) is 0 Å². The maximum atomic E-state index is 10.6. The molecular weight excluding hydrogens is 384 g/mol. The average molecular weight is 433 g/mol. The monoisotopic (exact) mass is 432 g/mol. The van der Waals surface area contributed by atoms with Crippen LogP contribution in [-0.4, -0.2) is 33.1 Å². The molecule has 0 amide bonds. The van der Waals surface area contributed by atoms with Crippen molar-refractivity contribution < 1.29 is 15.3 Å². The molecule has 2 aliphatic rings. The first-order valence-electron chi connectivity index (χ1n) is 12.5. The number of rotatable bonds is 9. The summed E-state index contributed by atoms with van der Waals surface area (Å²) in [6, 6.07) is 0. The van der Waals surface area contributed by atoms with Crippen molar-refractivity contribution in [2.75, 3.05) is 0 Å². The van der Waals surface area contributed by atoms with Crippen LogP contribution in [0.3, 0.4) is 0 Å². The summed E-state index contributed by atoms with van der Waals surface area (Å²) in [7, 11) is 0. The fourth-order valence-electron chi connectivity index (χ4n) is 6.00. The lowest BCUT2D eigenvalue weighted by Crippen LogP contribution is -2.39. The van der Waals surface area contributed by atoms with Gasteiger partial charge < -0.3 is 15.3 Å². The van der Waals surface area contributed by atoms with Gasteiger partial charge in [0.25, 0.3) is 0 Å². The molecule has 31 heavy (non-hydrogen) atoms. The van der Waals surface area contributed by atoms with Crippen LogP contribution in [0.2, 0.25) is 0 Å². The molecule has 0 aromatic carbocycles. The minimum atomic E-state index is -0.631. The lowest BCUT2D eigenvalue weighted by molar-refractivity contribution is 0.00992. The lowest BCUT2D eigenvalue weighted by atomic mass is 9.59. The minimum Gasteiger partial charge on any atom is -0.393 e.